The van der Waals surface area contributed by atoms with E-state index in [9.17, 15) is 13.2 Å². The molecule has 0 saturated heterocycles. The summed E-state index contributed by atoms with van der Waals surface area (Å²) in [7, 11) is -3.90. The predicted molar refractivity (Wildman–Crippen MR) is 129 cm³/mol. The van der Waals surface area contributed by atoms with E-state index in [2.05, 4.69) is 37.4 Å². The van der Waals surface area contributed by atoms with Gasteiger partial charge in [0, 0.05) is 6.54 Å². The highest BCUT2D eigenvalue weighted by atomic mass is 32.2. The highest BCUT2D eigenvalue weighted by Crippen LogP contribution is 2.24. The second-order valence-corrected chi connectivity index (χ2v) is 9.61. The van der Waals surface area contributed by atoms with E-state index in [1.165, 1.54) is 15.4 Å². The van der Waals surface area contributed by atoms with Crippen LogP contribution in [0.1, 0.15) is 36.1 Å². The van der Waals surface area contributed by atoms with Gasteiger partial charge in [-0.3, -0.25) is 9.10 Å². The summed E-state index contributed by atoms with van der Waals surface area (Å²) in [5.74, 6) is -0.352. The fourth-order valence-electron chi connectivity index (χ4n) is 3.61. The summed E-state index contributed by atoms with van der Waals surface area (Å²) in [5.41, 5.74) is 4.83. The Morgan fingerprint density at radius 3 is 2.28 bits per heavy atom. The maximum atomic E-state index is 13.4. The first-order chi connectivity index (χ1) is 15.3. The average Bonchev–Trinajstić information content (AvgIpc) is 2.81. The second kappa shape index (κ2) is 10.5. The number of carbonyl (C=O) groups excluding carboxylic acids is 1. The molecule has 0 spiro atoms. The summed E-state index contributed by atoms with van der Waals surface area (Å²) in [6, 6.07) is 21.7. The number of anilines is 1. The van der Waals surface area contributed by atoms with Crippen LogP contribution in [0.25, 0.3) is 0 Å². The fourth-order valence-corrected chi connectivity index (χ4v) is 5.04. The maximum Gasteiger partial charge on any atom is 0.264 e. The maximum absolute atomic E-state index is 13.4. The number of hydrogen-bond donors (Lipinski definition) is 1. The standard InChI is InChI=1S/C26H30N2O3S/c1-4-21-14-15-22(5-2)23(17-21)18-27-26(29)19-28(24-11-9-10-20(3)16-24)32(30,31)25-12-7-6-8-13-25/h6-17H,4-5,18-19H2,1-3H3,(H,27,29). The van der Waals surface area contributed by atoms with E-state index in [4.69, 9.17) is 0 Å². The molecule has 5 nitrogen and oxygen atoms in total. The van der Waals surface area contributed by atoms with E-state index in [0.717, 1.165) is 24.0 Å². The van der Waals surface area contributed by atoms with Crippen LogP contribution >= 0.6 is 0 Å². The molecule has 0 saturated carbocycles. The van der Waals surface area contributed by atoms with Crippen molar-refractivity contribution in [3.8, 4) is 0 Å². The van der Waals surface area contributed by atoms with Gasteiger partial charge in [-0.05, 0) is 66.3 Å². The molecule has 0 bridgehead atoms. The highest BCUT2D eigenvalue weighted by Gasteiger charge is 2.27. The summed E-state index contributed by atoms with van der Waals surface area (Å²) in [5, 5.41) is 2.92. The van der Waals surface area contributed by atoms with Gasteiger partial charge in [0.2, 0.25) is 5.91 Å². The van der Waals surface area contributed by atoms with Crippen molar-refractivity contribution in [1.82, 2.24) is 5.32 Å². The lowest BCUT2D eigenvalue weighted by Gasteiger charge is -2.24. The molecule has 3 aromatic carbocycles. The molecule has 0 heterocycles. The van der Waals surface area contributed by atoms with Gasteiger partial charge >= 0.3 is 0 Å². The Balaban J connectivity index is 1.85. The molecule has 168 valence electrons. The number of rotatable bonds is 9. The Hall–Kier alpha value is -3.12. The Morgan fingerprint density at radius 1 is 0.875 bits per heavy atom. The molecule has 3 aromatic rings. The molecule has 1 amide bonds. The lowest BCUT2D eigenvalue weighted by Crippen LogP contribution is -2.40. The van der Waals surface area contributed by atoms with Crippen LogP contribution in [0.15, 0.2) is 77.7 Å². The molecular weight excluding hydrogens is 420 g/mol. The highest BCUT2D eigenvalue weighted by molar-refractivity contribution is 7.92. The minimum Gasteiger partial charge on any atom is -0.350 e. The number of aryl methyl sites for hydroxylation is 3. The first kappa shape index (κ1) is 23.5. The number of hydrogen-bond acceptors (Lipinski definition) is 3. The van der Waals surface area contributed by atoms with Gasteiger partial charge in [0.1, 0.15) is 6.54 Å². The molecule has 0 aliphatic heterocycles. The van der Waals surface area contributed by atoms with Crippen LogP contribution in [-0.4, -0.2) is 20.9 Å². The lowest BCUT2D eigenvalue weighted by atomic mass is 10.0. The monoisotopic (exact) mass is 450 g/mol. The predicted octanol–water partition coefficient (Wildman–Crippen LogP) is 4.63. The van der Waals surface area contributed by atoms with Crippen LogP contribution in [0, 0.1) is 6.92 Å². The Bertz CT molecular complexity index is 1170. The van der Waals surface area contributed by atoms with Gasteiger partial charge in [0.15, 0.2) is 0 Å². The zero-order valence-corrected chi connectivity index (χ0v) is 19.7. The molecule has 32 heavy (non-hydrogen) atoms. The molecule has 3 rings (SSSR count). The van der Waals surface area contributed by atoms with Gasteiger partial charge in [0.25, 0.3) is 10.0 Å². The third-order valence-corrected chi connectivity index (χ3v) is 7.23. The van der Waals surface area contributed by atoms with Gasteiger partial charge in [-0.1, -0.05) is 62.4 Å². The molecular formula is C26H30N2O3S. The number of carbonyl (C=O) groups is 1. The van der Waals surface area contributed by atoms with Crippen molar-refractivity contribution in [2.24, 2.45) is 0 Å². The average molecular weight is 451 g/mol. The van der Waals surface area contributed by atoms with Gasteiger partial charge in [-0.15, -0.1) is 0 Å². The summed E-state index contributed by atoms with van der Waals surface area (Å²) in [6.45, 7) is 6.14. The van der Waals surface area contributed by atoms with Crippen molar-refractivity contribution in [2.45, 2.75) is 45.1 Å². The quantitative estimate of drug-likeness (QED) is 0.517. The first-order valence-electron chi connectivity index (χ1n) is 10.9. The topological polar surface area (TPSA) is 66.5 Å². The first-order valence-corrected chi connectivity index (χ1v) is 12.3. The summed E-state index contributed by atoms with van der Waals surface area (Å²) >= 11 is 0. The van der Waals surface area contributed by atoms with Gasteiger partial charge in [-0.25, -0.2) is 8.42 Å². The Morgan fingerprint density at radius 2 is 1.62 bits per heavy atom. The van der Waals surface area contributed by atoms with Crippen molar-refractivity contribution in [3.63, 3.8) is 0 Å². The van der Waals surface area contributed by atoms with Crippen molar-refractivity contribution in [2.75, 3.05) is 10.8 Å². The van der Waals surface area contributed by atoms with E-state index < -0.39 is 10.0 Å². The summed E-state index contributed by atoms with van der Waals surface area (Å²) in [4.78, 5) is 13.1. The number of nitrogens with zero attached hydrogens (tertiary/aromatic N) is 1. The number of sulfonamides is 1. The van der Waals surface area contributed by atoms with Crippen LogP contribution < -0.4 is 9.62 Å². The van der Waals surface area contributed by atoms with E-state index in [0.29, 0.717) is 12.2 Å². The van der Waals surface area contributed by atoms with Crippen LogP contribution in [0.3, 0.4) is 0 Å². The minimum atomic E-state index is -3.90. The summed E-state index contributed by atoms with van der Waals surface area (Å²) < 4.78 is 27.9. The van der Waals surface area contributed by atoms with E-state index >= 15 is 0 Å². The van der Waals surface area contributed by atoms with Gasteiger partial charge in [-0.2, -0.15) is 0 Å². The molecule has 6 heteroatoms. The van der Waals surface area contributed by atoms with E-state index in [-0.39, 0.29) is 17.3 Å². The zero-order valence-electron chi connectivity index (χ0n) is 18.8. The lowest BCUT2D eigenvalue weighted by molar-refractivity contribution is -0.119. The molecule has 1 N–H and O–H groups in total. The zero-order chi connectivity index (χ0) is 23.1. The van der Waals surface area contributed by atoms with Gasteiger partial charge in [0.05, 0.1) is 10.6 Å². The van der Waals surface area contributed by atoms with Crippen LogP contribution in [-0.2, 0) is 34.2 Å². The minimum absolute atomic E-state index is 0.151. The smallest absolute Gasteiger partial charge is 0.264 e. The largest absolute Gasteiger partial charge is 0.350 e. The second-order valence-electron chi connectivity index (χ2n) is 7.75. The van der Waals surface area contributed by atoms with Crippen molar-refractivity contribution >= 4 is 21.6 Å². The Labute approximate surface area is 191 Å². The number of amides is 1. The normalized spacial score (nSPS) is 11.2. The molecule has 0 atom stereocenters. The number of nitrogens with one attached hydrogen (secondary N) is 1. The third kappa shape index (κ3) is 5.56. The number of benzene rings is 3. The fraction of sp³-hybridized carbons (Fsp3) is 0.269. The molecule has 0 radical (unpaired) electrons. The van der Waals surface area contributed by atoms with E-state index in [1.54, 1.807) is 48.5 Å². The SMILES string of the molecule is CCc1ccc(CC)c(CNC(=O)CN(c2cccc(C)c2)S(=O)(=O)c2ccccc2)c1. The van der Waals surface area contributed by atoms with Crippen molar-refractivity contribution in [1.29, 1.82) is 0 Å². The summed E-state index contributed by atoms with van der Waals surface area (Å²) in [6.07, 6.45) is 1.79. The van der Waals surface area contributed by atoms with E-state index in [1.807, 2.05) is 13.0 Å². The van der Waals surface area contributed by atoms with Crippen molar-refractivity contribution < 1.29 is 13.2 Å². The van der Waals surface area contributed by atoms with Crippen LogP contribution in [0.4, 0.5) is 5.69 Å². The van der Waals surface area contributed by atoms with Crippen LogP contribution in [0.5, 0.6) is 0 Å². The molecule has 0 aromatic heterocycles. The van der Waals surface area contributed by atoms with Gasteiger partial charge < -0.3 is 5.32 Å². The molecule has 0 aliphatic rings. The molecule has 0 aliphatic carbocycles. The molecule has 0 unspecified atom stereocenters. The van der Waals surface area contributed by atoms with Crippen LogP contribution in [0.2, 0.25) is 0 Å². The third-order valence-electron chi connectivity index (χ3n) is 5.44. The molecule has 0 fully saturated rings. The van der Waals surface area contributed by atoms with Crippen molar-refractivity contribution in [3.05, 3.63) is 95.1 Å². The Kier molecular flexibility index (Phi) is 7.70.